The number of hydrogen-bond acceptors (Lipinski definition) is 2. The minimum absolute atomic E-state index is 0.169. The largest absolute Gasteiger partial charge is 0.507 e. The number of ether oxygens (including phenoxy) is 1. The lowest BCUT2D eigenvalue weighted by atomic mass is 10.2. The van der Waals surface area contributed by atoms with E-state index >= 15 is 0 Å². The van der Waals surface area contributed by atoms with Crippen LogP contribution in [0.1, 0.15) is 38.8 Å². The molecule has 11 heteroatoms. The Kier molecular flexibility index (Phi) is 19.2. The molecule has 0 unspecified atom stereocenters. The van der Waals surface area contributed by atoms with Crippen LogP contribution in [0, 0.1) is 32.6 Å². The van der Waals surface area contributed by atoms with Crippen molar-refractivity contribution in [1.82, 2.24) is 0 Å². The van der Waals surface area contributed by atoms with Gasteiger partial charge in [0.1, 0.15) is 31.2 Å². The maximum Gasteiger partial charge on any atom is 0.135 e. The van der Waals surface area contributed by atoms with Crippen LogP contribution in [0.5, 0.6) is 11.5 Å². The Morgan fingerprint density at radius 3 is 1.46 bits per heavy atom. The van der Waals surface area contributed by atoms with E-state index < -0.39 is 16.1 Å². The molecule has 0 atom stereocenters. The maximum absolute atomic E-state index is 13.2. The van der Waals surface area contributed by atoms with Gasteiger partial charge in [-0.1, -0.05) is 51.9 Å². The van der Waals surface area contributed by atoms with Crippen molar-refractivity contribution in [2.45, 2.75) is 65.7 Å². The normalized spacial score (nSPS) is 11.3. The van der Waals surface area contributed by atoms with Crippen molar-refractivity contribution in [3.63, 3.8) is 0 Å². The van der Waals surface area contributed by atoms with Crippen molar-refractivity contribution < 1.29 is 18.6 Å². The fourth-order valence-electron chi connectivity index (χ4n) is 3.14. The van der Waals surface area contributed by atoms with Gasteiger partial charge in [-0.05, 0) is 94.4 Å². The van der Waals surface area contributed by atoms with Crippen LogP contribution in [0.4, 0.5) is 8.78 Å². The van der Waals surface area contributed by atoms with Crippen LogP contribution in [0.3, 0.4) is 0 Å². The molecule has 0 fully saturated rings. The van der Waals surface area contributed by atoms with E-state index in [4.69, 9.17) is 44.6 Å². The Bertz CT molecular complexity index is 892. The zero-order chi connectivity index (χ0) is 28.8. The first-order valence-corrected chi connectivity index (χ1v) is 21.7. The molecule has 0 heterocycles. The van der Waals surface area contributed by atoms with Crippen LogP contribution in [0.15, 0.2) is 24.3 Å². The average Bonchev–Trinajstić information content (AvgIpc) is 2.87. The zero-order valence-electron chi connectivity index (χ0n) is 22.5. The third-order valence-electron chi connectivity index (χ3n) is 6.79. The van der Waals surface area contributed by atoms with Gasteiger partial charge in [0.2, 0.25) is 0 Å². The Balaban J connectivity index is 0.000000577. The molecule has 0 aliphatic rings. The van der Waals surface area contributed by atoms with E-state index in [-0.39, 0.29) is 17.4 Å². The van der Waals surface area contributed by atoms with E-state index in [1.54, 1.807) is 6.92 Å². The molecular weight excluding hydrogens is 799 g/mol. The molecular formula is C26H39Cl3F2I2O2Si2. The molecule has 2 aromatic carbocycles. The van der Waals surface area contributed by atoms with Gasteiger partial charge in [0.05, 0.1) is 21.4 Å². The summed E-state index contributed by atoms with van der Waals surface area (Å²) in [7, 11) is -2.67. The number of halogens is 7. The van der Waals surface area contributed by atoms with Gasteiger partial charge in [-0.2, -0.15) is 0 Å². The summed E-state index contributed by atoms with van der Waals surface area (Å²) in [4.78, 5) is 0. The zero-order valence-corrected chi connectivity index (χ0v) is 31.1. The van der Waals surface area contributed by atoms with E-state index in [0.29, 0.717) is 15.4 Å². The Morgan fingerprint density at radius 2 is 1.14 bits per heavy atom. The van der Waals surface area contributed by atoms with Gasteiger partial charge in [0.25, 0.3) is 0 Å². The van der Waals surface area contributed by atoms with E-state index in [2.05, 4.69) is 50.3 Å². The average molecular weight is 838 g/mol. The minimum atomic E-state index is -1.51. The summed E-state index contributed by atoms with van der Waals surface area (Å²) < 4.78 is 33.0. The highest BCUT2D eigenvalue weighted by Crippen LogP contribution is 2.28. The molecule has 0 aromatic heterocycles. The number of phenols is 1. The van der Waals surface area contributed by atoms with Gasteiger partial charge < -0.3 is 9.84 Å². The van der Waals surface area contributed by atoms with Gasteiger partial charge in [-0.25, -0.2) is 8.78 Å². The predicted octanol–water partition coefficient (Wildman–Crippen LogP) is 10.4. The van der Waals surface area contributed by atoms with E-state index in [9.17, 15) is 8.78 Å². The smallest absolute Gasteiger partial charge is 0.135 e. The second kappa shape index (κ2) is 18.9. The Labute approximate surface area is 266 Å². The molecule has 212 valence electrons. The molecule has 0 aliphatic heterocycles. The summed E-state index contributed by atoms with van der Waals surface area (Å²) in [6.45, 7) is 12.3. The van der Waals surface area contributed by atoms with Gasteiger partial charge in [-0.3, -0.25) is 0 Å². The standard InChI is InChI=1S/C13H19ClFIOSi.C7H6FIO.C6H14Cl2Si/c1-4-18(5-2,8-14)9-17-13-10(3)6-11(15)7-12(13)16;1-4-2-5(8)3-6(9)7(4)10;1-3-9(4-2,5-7)6-8/h6-7H,4-5,8-9H2,1-3H3;2-3,10H,1H3;3-6H2,1-2H3. The second-order valence-corrected chi connectivity index (χ2v) is 23.8. The Hall–Kier alpha value is 0.664. The van der Waals surface area contributed by atoms with Crippen molar-refractivity contribution in [3.05, 3.63) is 54.2 Å². The highest BCUT2D eigenvalue weighted by molar-refractivity contribution is 14.1. The summed E-state index contributed by atoms with van der Waals surface area (Å²) in [5.74, 6) is 0.457. The van der Waals surface area contributed by atoms with E-state index in [1.165, 1.54) is 36.4 Å². The summed E-state index contributed by atoms with van der Waals surface area (Å²) >= 11 is 21.7. The summed E-state index contributed by atoms with van der Waals surface area (Å²) in [5, 5.41) is 9.16. The fourth-order valence-corrected chi connectivity index (χ4v) is 12.4. The van der Waals surface area contributed by atoms with Crippen LogP contribution in [-0.4, -0.2) is 44.0 Å². The maximum atomic E-state index is 13.2. The number of rotatable bonds is 10. The van der Waals surface area contributed by atoms with Crippen LogP contribution < -0.4 is 4.74 Å². The summed E-state index contributed by atoms with van der Waals surface area (Å²) in [6, 6.07) is 10.3. The lowest BCUT2D eigenvalue weighted by molar-refractivity contribution is 0.369. The van der Waals surface area contributed by atoms with Crippen LogP contribution >= 0.6 is 80.0 Å². The molecule has 0 saturated heterocycles. The highest BCUT2D eigenvalue weighted by Gasteiger charge is 2.30. The monoisotopic (exact) mass is 836 g/mol. The van der Waals surface area contributed by atoms with Crippen molar-refractivity contribution >= 4 is 96.1 Å². The number of benzene rings is 2. The third-order valence-corrected chi connectivity index (χ3v) is 22.0. The molecule has 2 rings (SSSR count). The number of alkyl halides is 3. The number of hydrogen-bond donors (Lipinski definition) is 1. The lowest BCUT2D eigenvalue weighted by Gasteiger charge is -2.27. The SMILES string of the molecule is CC[Si](CC)(CCl)CCl.CC[Si](CC)(CCl)COc1c(C)cc(F)cc1I.Cc1cc(F)cc(I)c1O. The molecule has 0 radical (unpaired) electrons. The van der Waals surface area contributed by atoms with Crippen molar-refractivity contribution in [3.8, 4) is 11.5 Å². The molecule has 2 nitrogen and oxygen atoms in total. The van der Waals surface area contributed by atoms with Gasteiger partial charge in [0.15, 0.2) is 0 Å². The van der Waals surface area contributed by atoms with Crippen molar-refractivity contribution in [2.75, 3.05) is 22.7 Å². The molecule has 2 aromatic rings. The predicted molar refractivity (Wildman–Crippen MR) is 180 cm³/mol. The fraction of sp³-hybridized carbons (Fsp3) is 0.538. The summed E-state index contributed by atoms with van der Waals surface area (Å²) in [6.07, 6.45) is 0.714. The van der Waals surface area contributed by atoms with Gasteiger partial charge >= 0.3 is 0 Å². The number of aryl methyl sites for hydroxylation is 2. The first-order chi connectivity index (χ1) is 17.3. The van der Waals surface area contributed by atoms with E-state index in [1.807, 2.05) is 29.5 Å². The Morgan fingerprint density at radius 1 is 0.730 bits per heavy atom. The lowest BCUT2D eigenvalue weighted by Crippen LogP contribution is -2.43. The molecule has 0 spiro atoms. The second-order valence-electron chi connectivity index (χ2n) is 9.19. The molecule has 37 heavy (non-hydrogen) atoms. The number of phenolic OH excluding ortho intramolecular Hbond substituents is 1. The molecule has 0 aliphatic carbocycles. The van der Waals surface area contributed by atoms with Gasteiger partial charge in [-0.15, -0.1) is 34.8 Å². The quantitative estimate of drug-likeness (QED) is 0.147. The first-order valence-electron chi connectivity index (χ1n) is 12.2. The van der Waals surface area contributed by atoms with Crippen molar-refractivity contribution in [2.24, 2.45) is 0 Å². The minimum Gasteiger partial charge on any atom is -0.507 e. The highest BCUT2D eigenvalue weighted by atomic mass is 127. The summed E-state index contributed by atoms with van der Waals surface area (Å²) in [5.41, 5.74) is 3.79. The molecule has 0 bridgehead atoms. The third kappa shape index (κ3) is 12.4. The topological polar surface area (TPSA) is 29.5 Å². The first kappa shape index (κ1) is 37.7. The van der Waals surface area contributed by atoms with Crippen LogP contribution in [0.25, 0.3) is 0 Å². The van der Waals surface area contributed by atoms with E-state index in [0.717, 1.165) is 43.5 Å². The molecule has 0 amide bonds. The molecule has 1 N–H and O–H groups in total. The van der Waals surface area contributed by atoms with Gasteiger partial charge in [0, 0.05) is 16.5 Å². The van der Waals surface area contributed by atoms with Crippen molar-refractivity contribution in [1.29, 1.82) is 0 Å². The van der Waals surface area contributed by atoms with Crippen LogP contribution in [-0.2, 0) is 0 Å². The van der Waals surface area contributed by atoms with Crippen LogP contribution in [0.2, 0.25) is 24.2 Å². The number of aromatic hydroxyl groups is 1. The molecule has 0 saturated carbocycles.